The van der Waals surface area contributed by atoms with Crippen LogP contribution < -0.4 is 19.7 Å². The van der Waals surface area contributed by atoms with Gasteiger partial charge in [-0.05, 0) is 42.0 Å². The summed E-state index contributed by atoms with van der Waals surface area (Å²) in [7, 11) is 3.21. The first-order chi connectivity index (χ1) is 12.6. The second-order valence-corrected chi connectivity index (χ2v) is 6.17. The van der Waals surface area contributed by atoms with Gasteiger partial charge in [0.25, 0.3) is 0 Å². The number of nitrogens with zero attached hydrogens (tertiary/aromatic N) is 1. The smallest absolute Gasteiger partial charge is 0.227 e. The predicted molar refractivity (Wildman–Crippen MR) is 98.3 cm³/mol. The summed E-state index contributed by atoms with van der Waals surface area (Å²) in [5, 5.41) is 2.91. The Kier molecular flexibility index (Phi) is 5.41. The minimum Gasteiger partial charge on any atom is -0.497 e. The van der Waals surface area contributed by atoms with E-state index in [1.807, 2.05) is 36.4 Å². The lowest BCUT2D eigenvalue weighted by molar-refractivity contribution is -0.126. The molecule has 1 fully saturated rings. The molecule has 6 nitrogen and oxygen atoms in total. The number of hydrogen-bond donors (Lipinski definition) is 1. The molecule has 1 aliphatic rings. The zero-order chi connectivity index (χ0) is 18.5. The second-order valence-electron chi connectivity index (χ2n) is 6.17. The number of ether oxygens (including phenoxy) is 2. The Morgan fingerprint density at radius 2 is 1.62 bits per heavy atom. The van der Waals surface area contributed by atoms with Crippen molar-refractivity contribution in [2.45, 2.75) is 13.0 Å². The average molecular weight is 354 g/mol. The third kappa shape index (κ3) is 3.96. The molecule has 136 valence electrons. The normalized spacial score (nSPS) is 16.5. The van der Waals surface area contributed by atoms with E-state index in [0.717, 1.165) is 22.7 Å². The number of hydrogen-bond acceptors (Lipinski definition) is 4. The van der Waals surface area contributed by atoms with Crippen molar-refractivity contribution in [2.24, 2.45) is 5.92 Å². The van der Waals surface area contributed by atoms with Crippen molar-refractivity contribution in [1.82, 2.24) is 5.32 Å². The summed E-state index contributed by atoms with van der Waals surface area (Å²) in [6.07, 6.45) is 0.223. The lowest BCUT2D eigenvalue weighted by Gasteiger charge is -2.17. The van der Waals surface area contributed by atoms with Gasteiger partial charge in [0.2, 0.25) is 11.8 Å². The number of amides is 2. The van der Waals surface area contributed by atoms with Crippen LogP contribution in [0.15, 0.2) is 48.5 Å². The van der Waals surface area contributed by atoms with Gasteiger partial charge in [0.15, 0.2) is 0 Å². The van der Waals surface area contributed by atoms with Crippen LogP contribution in [0.5, 0.6) is 11.5 Å². The Labute approximate surface area is 152 Å². The van der Waals surface area contributed by atoms with E-state index in [1.54, 1.807) is 31.3 Å². The first kappa shape index (κ1) is 17.8. The highest BCUT2D eigenvalue weighted by molar-refractivity contribution is 6.00. The molecule has 6 heteroatoms. The molecular weight excluding hydrogens is 332 g/mol. The number of methoxy groups -OCH3 is 2. The van der Waals surface area contributed by atoms with Crippen molar-refractivity contribution in [3.63, 3.8) is 0 Å². The molecule has 2 aromatic carbocycles. The summed E-state index contributed by atoms with van der Waals surface area (Å²) in [5.41, 5.74) is 1.76. The maximum absolute atomic E-state index is 12.4. The summed E-state index contributed by atoms with van der Waals surface area (Å²) in [6.45, 7) is 0.815. The standard InChI is InChI=1S/C20H22N2O4/c1-25-17-7-3-14(4-8-17)12-21-20(24)15-11-19(23)22(13-15)16-5-9-18(26-2)10-6-16/h3-10,15H,11-13H2,1-2H3,(H,21,24)/t15-/m1/s1. The molecule has 0 saturated carbocycles. The fourth-order valence-electron chi connectivity index (χ4n) is 2.97. The molecule has 1 N–H and O–H groups in total. The van der Waals surface area contributed by atoms with E-state index in [0.29, 0.717) is 13.1 Å². The monoisotopic (exact) mass is 354 g/mol. The summed E-state index contributed by atoms with van der Waals surface area (Å²) >= 11 is 0. The highest BCUT2D eigenvalue weighted by Crippen LogP contribution is 2.27. The van der Waals surface area contributed by atoms with Gasteiger partial charge >= 0.3 is 0 Å². The van der Waals surface area contributed by atoms with Gasteiger partial charge in [0.05, 0.1) is 20.1 Å². The SMILES string of the molecule is COc1ccc(CNC(=O)[C@@H]2CC(=O)N(c3ccc(OC)cc3)C2)cc1. The first-order valence-electron chi connectivity index (χ1n) is 8.46. The van der Waals surface area contributed by atoms with Crippen molar-refractivity contribution in [3.05, 3.63) is 54.1 Å². The Morgan fingerprint density at radius 3 is 2.19 bits per heavy atom. The Morgan fingerprint density at radius 1 is 1.04 bits per heavy atom. The minimum atomic E-state index is -0.345. The van der Waals surface area contributed by atoms with Crippen LogP contribution in [-0.2, 0) is 16.1 Å². The molecule has 1 atom stereocenters. The summed E-state index contributed by atoms with van der Waals surface area (Å²) in [5.74, 6) is 1.01. The maximum Gasteiger partial charge on any atom is 0.227 e. The van der Waals surface area contributed by atoms with Crippen molar-refractivity contribution in [3.8, 4) is 11.5 Å². The van der Waals surface area contributed by atoms with Gasteiger partial charge in [0, 0.05) is 25.2 Å². The van der Waals surface area contributed by atoms with E-state index in [2.05, 4.69) is 5.32 Å². The van der Waals surface area contributed by atoms with Crippen molar-refractivity contribution in [1.29, 1.82) is 0 Å². The van der Waals surface area contributed by atoms with Crippen LogP contribution in [-0.4, -0.2) is 32.6 Å². The van der Waals surface area contributed by atoms with Gasteiger partial charge in [-0.25, -0.2) is 0 Å². The largest absolute Gasteiger partial charge is 0.497 e. The van der Waals surface area contributed by atoms with Gasteiger partial charge in [0.1, 0.15) is 11.5 Å². The van der Waals surface area contributed by atoms with Crippen LogP contribution in [0.2, 0.25) is 0 Å². The van der Waals surface area contributed by atoms with Crippen molar-refractivity contribution >= 4 is 17.5 Å². The van der Waals surface area contributed by atoms with E-state index in [1.165, 1.54) is 0 Å². The number of carbonyl (C=O) groups is 2. The average Bonchev–Trinajstić information content (AvgIpc) is 3.08. The zero-order valence-electron chi connectivity index (χ0n) is 14.9. The fourth-order valence-corrected chi connectivity index (χ4v) is 2.97. The number of anilines is 1. The molecule has 0 radical (unpaired) electrons. The van der Waals surface area contributed by atoms with Crippen LogP contribution in [0.1, 0.15) is 12.0 Å². The van der Waals surface area contributed by atoms with Crippen LogP contribution >= 0.6 is 0 Å². The Hall–Kier alpha value is -3.02. The number of nitrogens with one attached hydrogen (secondary N) is 1. The topological polar surface area (TPSA) is 67.9 Å². The molecule has 1 heterocycles. The third-order valence-corrected chi connectivity index (χ3v) is 4.51. The fraction of sp³-hybridized carbons (Fsp3) is 0.300. The summed E-state index contributed by atoms with van der Waals surface area (Å²) in [6, 6.07) is 14.8. The molecule has 3 rings (SSSR count). The van der Waals surface area contributed by atoms with Crippen LogP contribution in [0.25, 0.3) is 0 Å². The van der Waals surface area contributed by atoms with Gasteiger partial charge < -0.3 is 19.7 Å². The molecule has 2 amide bonds. The Bertz CT molecular complexity index is 771. The van der Waals surface area contributed by atoms with Gasteiger partial charge in [-0.3, -0.25) is 9.59 Å². The lowest BCUT2D eigenvalue weighted by Crippen LogP contribution is -2.32. The molecule has 1 aliphatic heterocycles. The zero-order valence-corrected chi connectivity index (χ0v) is 14.9. The molecule has 1 saturated heterocycles. The lowest BCUT2D eigenvalue weighted by atomic mass is 10.1. The maximum atomic E-state index is 12.4. The molecule has 2 aromatic rings. The van der Waals surface area contributed by atoms with Crippen LogP contribution in [0, 0.1) is 5.92 Å². The van der Waals surface area contributed by atoms with E-state index >= 15 is 0 Å². The van der Waals surface area contributed by atoms with E-state index in [-0.39, 0.29) is 24.2 Å². The summed E-state index contributed by atoms with van der Waals surface area (Å²) in [4.78, 5) is 26.4. The van der Waals surface area contributed by atoms with Crippen molar-refractivity contribution in [2.75, 3.05) is 25.7 Å². The number of benzene rings is 2. The molecule has 0 unspecified atom stereocenters. The van der Waals surface area contributed by atoms with Gasteiger partial charge in [-0.1, -0.05) is 12.1 Å². The third-order valence-electron chi connectivity index (χ3n) is 4.51. The minimum absolute atomic E-state index is 0.0419. The molecular formula is C20H22N2O4. The predicted octanol–water partition coefficient (Wildman–Crippen LogP) is 2.37. The molecule has 0 spiro atoms. The van der Waals surface area contributed by atoms with Crippen LogP contribution in [0.4, 0.5) is 5.69 Å². The molecule has 0 aromatic heterocycles. The number of carbonyl (C=O) groups excluding carboxylic acids is 2. The van der Waals surface area contributed by atoms with E-state index in [9.17, 15) is 9.59 Å². The highest BCUT2D eigenvalue weighted by Gasteiger charge is 2.34. The van der Waals surface area contributed by atoms with Crippen molar-refractivity contribution < 1.29 is 19.1 Å². The summed E-state index contributed by atoms with van der Waals surface area (Å²) < 4.78 is 10.2. The van der Waals surface area contributed by atoms with Gasteiger partial charge in [-0.2, -0.15) is 0 Å². The second kappa shape index (κ2) is 7.91. The number of rotatable bonds is 6. The quantitative estimate of drug-likeness (QED) is 0.865. The molecule has 0 aliphatic carbocycles. The Balaban J connectivity index is 1.57. The molecule has 26 heavy (non-hydrogen) atoms. The van der Waals surface area contributed by atoms with Gasteiger partial charge in [-0.15, -0.1) is 0 Å². The first-order valence-corrected chi connectivity index (χ1v) is 8.46. The van der Waals surface area contributed by atoms with E-state index in [4.69, 9.17) is 9.47 Å². The van der Waals surface area contributed by atoms with E-state index < -0.39 is 0 Å². The van der Waals surface area contributed by atoms with Crippen LogP contribution in [0.3, 0.4) is 0 Å². The molecule has 0 bridgehead atoms. The highest BCUT2D eigenvalue weighted by atomic mass is 16.5.